The van der Waals surface area contributed by atoms with E-state index in [1.165, 1.54) is 12.1 Å². The van der Waals surface area contributed by atoms with Gasteiger partial charge in [0.2, 0.25) is 0 Å². The van der Waals surface area contributed by atoms with Gasteiger partial charge in [0.15, 0.2) is 11.3 Å². The van der Waals surface area contributed by atoms with Crippen molar-refractivity contribution < 1.29 is 4.39 Å². The zero-order valence-electron chi connectivity index (χ0n) is 12.9. The van der Waals surface area contributed by atoms with Gasteiger partial charge in [0.25, 0.3) is 0 Å². The number of benzene rings is 1. The van der Waals surface area contributed by atoms with Crippen LogP contribution >= 0.6 is 15.9 Å². The van der Waals surface area contributed by atoms with Crippen LogP contribution in [0.2, 0.25) is 0 Å². The van der Waals surface area contributed by atoms with E-state index in [-0.39, 0.29) is 11.4 Å². The van der Waals surface area contributed by atoms with E-state index in [0.29, 0.717) is 15.8 Å². The normalized spacial score (nSPS) is 11.7. The maximum Gasteiger partial charge on any atom is 0.183 e. The van der Waals surface area contributed by atoms with E-state index >= 15 is 0 Å². The number of hydrogen-bond acceptors (Lipinski definition) is 3. The highest BCUT2D eigenvalue weighted by molar-refractivity contribution is 9.10. The molecule has 0 spiro atoms. The first kappa shape index (κ1) is 15.6. The van der Waals surface area contributed by atoms with E-state index in [9.17, 15) is 9.65 Å². The molecule has 23 heavy (non-hydrogen) atoms. The summed E-state index contributed by atoms with van der Waals surface area (Å²) in [5.41, 5.74) is 2.27. The number of imidazole rings is 2. The lowest BCUT2D eigenvalue weighted by Crippen LogP contribution is -2.27. The zero-order chi connectivity index (χ0) is 16.8. The highest BCUT2D eigenvalue weighted by Crippen LogP contribution is 2.36. The van der Waals surface area contributed by atoms with Crippen LogP contribution in [0.4, 0.5) is 10.2 Å². The average Bonchev–Trinajstić information content (AvgIpc) is 2.98. The van der Waals surface area contributed by atoms with Gasteiger partial charge in [-0.2, -0.15) is 5.26 Å². The molecule has 5 nitrogen and oxygen atoms in total. The van der Waals surface area contributed by atoms with Gasteiger partial charge in [-0.1, -0.05) is 0 Å². The van der Waals surface area contributed by atoms with Crippen molar-refractivity contribution in [1.82, 2.24) is 14.4 Å². The maximum absolute atomic E-state index is 13.4. The molecule has 0 saturated heterocycles. The van der Waals surface area contributed by atoms with Crippen LogP contribution in [0.15, 0.2) is 29.0 Å². The summed E-state index contributed by atoms with van der Waals surface area (Å²) in [5.74, 6) is 0.456. The van der Waals surface area contributed by atoms with Gasteiger partial charge in [-0.3, -0.25) is 4.40 Å². The summed E-state index contributed by atoms with van der Waals surface area (Å²) in [7, 11) is 0. The monoisotopic (exact) mass is 375 g/mol. The van der Waals surface area contributed by atoms with Gasteiger partial charge in [0.05, 0.1) is 5.69 Å². The fraction of sp³-hybridized carbons (Fsp3) is 0.250. The fourth-order valence-electron chi connectivity index (χ4n) is 2.38. The maximum atomic E-state index is 13.4. The second-order valence-corrected chi connectivity index (χ2v) is 7.13. The number of nitrogens with zero attached hydrogens (tertiary/aromatic N) is 3. The standard InChI is InChI=1S/C16H15BrFN5/c1-16(2,3)22-15-13(10-5-4-9(18)6-11(10)17)21-14-12(7-19)20-8-23(14)15/h4-6,8,21-22H,1-3H3. The predicted octanol–water partition coefficient (Wildman–Crippen LogP) is 4.31. The molecule has 0 aliphatic carbocycles. The summed E-state index contributed by atoms with van der Waals surface area (Å²) in [6.07, 6.45) is 1.60. The molecule has 0 radical (unpaired) electrons. The minimum atomic E-state index is -0.316. The van der Waals surface area contributed by atoms with Crippen LogP contribution < -0.4 is 5.32 Å². The molecule has 2 aromatic heterocycles. The smallest absolute Gasteiger partial charge is 0.183 e. The fourth-order valence-corrected chi connectivity index (χ4v) is 2.93. The molecule has 1 aromatic carbocycles. The lowest BCUT2D eigenvalue weighted by Gasteiger charge is -2.22. The lowest BCUT2D eigenvalue weighted by atomic mass is 10.1. The van der Waals surface area contributed by atoms with Crippen molar-refractivity contribution in [2.45, 2.75) is 26.3 Å². The molecule has 0 fully saturated rings. The van der Waals surface area contributed by atoms with Crippen molar-refractivity contribution in [3.8, 4) is 17.3 Å². The molecule has 0 amide bonds. The second-order valence-electron chi connectivity index (χ2n) is 6.27. The summed E-state index contributed by atoms with van der Waals surface area (Å²) in [6, 6.07) is 6.57. The van der Waals surface area contributed by atoms with Crippen LogP contribution in [-0.4, -0.2) is 19.9 Å². The van der Waals surface area contributed by atoms with Crippen molar-refractivity contribution in [2.75, 3.05) is 5.32 Å². The summed E-state index contributed by atoms with van der Waals surface area (Å²) in [4.78, 5) is 7.32. The first-order valence-corrected chi connectivity index (χ1v) is 7.82. The summed E-state index contributed by atoms with van der Waals surface area (Å²) >= 11 is 3.40. The molecule has 2 N–H and O–H groups in total. The first-order chi connectivity index (χ1) is 10.8. The quantitative estimate of drug-likeness (QED) is 0.700. The van der Waals surface area contributed by atoms with Gasteiger partial charge in [-0.05, 0) is 54.9 Å². The van der Waals surface area contributed by atoms with E-state index in [0.717, 1.165) is 17.1 Å². The van der Waals surface area contributed by atoms with Crippen LogP contribution in [0.5, 0.6) is 0 Å². The van der Waals surface area contributed by atoms with Crippen molar-refractivity contribution in [2.24, 2.45) is 0 Å². The summed E-state index contributed by atoms with van der Waals surface area (Å²) < 4.78 is 15.8. The van der Waals surface area contributed by atoms with Crippen LogP contribution in [0, 0.1) is 17.1 Å². The molecule has 7 heteroatoms. The number of aromatic nitrogens is 3. The Morgan fingerprint density at radius 2 is 2.13 bits per heavy atom. The van der Waals surface area contributed by atoms with E-state index in [1.807, 2.05) is 20.8 Å². The van der Waals surface area contributed by atoms with Crippen molar-refractivity contribution in [3.05, 3.63) is 40.5 Å². The number of halogens is 2. The van der Waals surface area contributed by atoms with Crippen molar-refractivity contribution in [1.29, 1.82) is 5.26 Å². The number of anilines is 1. The molecule has 0 bridgehead atoms. The Labute approximate surface area is 141 Å². The highest BCUT2D eigenvalue weighted by Gasteiger charge is 2.22. The predicted molar refractivity (Wildman–Crippen MR) is 90.7 cm³/mol. The SMILES string of the molecule is CC(C)(C)Nc1c(-c2ccc(F)cc2Br)[nH]c2c(C#N)ncn12. The van der Waals surface area contributed by atoms with Gasteiger partial charge >= 0.3 is 0 Å². The Bertz CT molecular complexity index is 926. The molecule has 0 aliphatic rings. The van der Waals surface area contributed by atoms with Crippen molar-refractivity contribution in [3.63, 3.8) is 0 Å². The Hall–Kier alpha value is -2.33. The number of fused-ring (bicyclic) bond motifs is 1. The number of rotatable bonds is 2. The highest BCUT2D eigenvalue weighted by atomic mass is 79.9. The van der Waals surface area contributed by atoms with Crippen LogP contribution in [0.3, 0.4) is 0 Å². The molecule has 0 unspecified atom stereocenters. The molecule has 0 aliphatic heterocycles. The van der Waals surface area contributed by atoms with Gasteiger partial charge in [0, 0.05) is 15.6 Å². The summed E-state index contributed by atoms with van der Waals surface area (Å²) in [6.45, 7) is 6.12. The number of nitriles is 1. The molecule has 118 valence electrons. The number of hydrogen-bond donors (Lipinski definition) is 2. The molecular weight excluding hydrogens is 361 g/mol. The Morgan fingerprint density at radius 3 is 2.74 bits per heavy atom. The topological polar surface area (TPSA) is 68.9 Å². The Morgan fingerprint density at radius 1 is 1.39 bits per heavy atom. The number of H-pyrrole nitrogens is 1. The molecule has 2 heterocycles. The van der Waals surface area contributed by atoms with Gasteiger partial charge in [-0.15, -0.1) is 0 Å². The Balaban J connectivity index is 2.28. The molecule has 0 saturated carbocycles. The van der Waals surface area contributed by atoms with Gasteiger partial charge in [0.1, 0.15) is 24.0 Å². The average molecular weight is 376 g/mol. The van der Waals surface area contributed by atoms with Gasteiger partial charge in [-0.25, -0.2) is 9.37 Å². The molecule has 0 atom stereocenters. The lowest BCUT2D eigenvalue weighted by molar-refractivity contribution is 0.626. The van der Waals surface area contributed by atoms with E-state index in [4.69, 9.17) is 0 Å². The van der Waals surface area contributed by atoms with Crippen LogP contribution in [0.25, 0.3) is 16.9 Å². The molecule has 3 aromatic rings. The van der Waals surface area contributed by atoms with Crippen LogP contribution in [0.1, 0.15) is 26.5 Å². The number of aromatic amines is 1. The van der Waals surface area contributed by atoms with Crippen LogP contribution in [-0.2, 0) is 0 Å². The Kier molecular flexibility index (Phi) is 3.65. The third kappa shape index (κ3) is 2.82. The van der Waals surface area contributed by atoms with E-state index in [1.54, 1.807) is 16.8 Å². The minimum Gasteiger partial charge on any atom is -0.365 e. The second kappa shape index (κ2) is 5.39. The number of nitrogens with one attached hydrogen (secondary N) is 2. The first-order valence-electron chi connectivity index (χ1n) is 7.03. The van der Waals surface area contributed by atoms with Crippen molar-refractivity contribution >= 4 is 27.4 Å². The van der Waals surface area contributed by atoms with E-state index < -0.39 is 0 Å². The molecule has 3 rings (SSSR count). The third-order valence-corrected chi connectivity index (χ3v) is 3.94. The largest absolute Gasteiger partial charge is 0.365 e. The zero-order valence-corrected chi connectivity index (χ0v) is 14.5. The summed E-state index contributed by atoms with van der Waals surface area (Å²) in [5, 5.41) is 12.6. The third-order valence-electron chi connectivity index (χ3n) is 3.29. The minimum absolute atomic E-state index is 0.201. The van der Waals surface area contributed by atoms with Gasteiger partial charge < -0.3 is 10.3 Å². The van der Waals surface area contributed by atoms with E-state index in [2.05, 4.69) is 37.3 Å². The molecular formula is C16H15BrFN5.